The van der Waals surface area contributed by atoms with E-state index in [1.54, 1.807) is 0 Å². The van der Waals surface area contributed by atoms with Crippen LogP contribution >= 0.6 is 0 Å². The molecule has 3 nitrogen and oxygen atoms in total. The highest BCUT2D eigenvalue weighted by Gasteiger charge is 2.30. The van der Waals surface area contributed by atoms with E-state index in [9.17, 15) is 0 Å². The molecule has 3 heteroatoms. The van der Waals surface area contributed by atoms with Crippen LogP contribution in [0.15, 0.2) is 12.4 Å². The second kappa shape index (κ2) is 3.97. The molecule has 15 heavy (non-hydrogen) atoms. The lowest BCUT2D eigenvalue weighted by Gasteiger charge is -2.41. The minimum absolute atomic E-state index is 0.583. The number of aromatic nitrogens is 2. The van der Waals surface area contributed by atoms with Crippen molar-refractivity contribution in [2.45, 2.75) is 45.7 Å². The van der Waals surface area contributed by atoms with Gasteiger partial charge in [0.15, 0.2) is 0 Å². The Kier molecular flexibility index (Phi) is 2.83. The molecule has 1 aliphatic heterocycles. The first kappa shape index (κ1) is 10.7. The molecule has 1 fully saturated rings. The Morgan fingerprint density at radius 2 is 1.93 bits per heavy atom. The minimum atomic E-state index is 0.583. The molecule has 1 aliphatic rings. The second-order valence-corrected chi connectivity index (χ2v) is 5.11. The number of nitrogens with zero attached hydrogens (tertiary/aromatic N) is 3. The van der Waals surface area contributed by atoms with Crippen molar-refractivity contribution in [1.29, 1.82) is 0 Å². The van der Waals surface area contributed by atoms with Crippen molar-refractivity contribution in [3.8, 4) is 0 Å². The van der Waals surface area contributed by atoms with Crippen LogP contribution in [0.3, 0.4) is 0 Å². The second-order valence-electron chi connectivity index (χ2n) is 5.11. The molecule has 1 saturated heterocycles. The van der Waals surface area contributed by atoms with Gasteiger partial charge in [-0.2, -0.15) is 5.10 Å². The maximum atomic E-state index is 4.44. The zero-order valence-electron chi connectivity index (χ0n) is 10.1. The van der Waals surface area contributed by atoms with E-state index in [1.165, 1.54) is 5.56 Å². The minimum Gasteiger partial charge on any atom is -0.297 e. The third-order valence-electron chi connectivity index (χ3n) is 3.28. The van der Waals surface area contributed by atoms with Gasteiger partial charge >= 0.3 is 0 Å². The van der Waals surface area contributed by atoms with E-state index in [0.29, 0.717) is 18.0 Å². The SMILES string of the molecule is CC(C)c1cnn(C2CN(C(C)C)C2)c1. The van der Waals surface area contributed by atoms with E-state index in [1.807, 2.05) is 6.20 Å². The largest absolute Gasteiger partial charge is 0.297 e. The molecule has 0 aromatic carbocycles. The molecular formula is C12H21N3. The molecule has 0 radical (unpaired) electrons. The van der Waals surface area contributed by atoms with E-state index in [4.69, 9.17) is 0 Å². The number of hydrogen-bond donors (Lipinski definition) is 0. The van der Waals surface area contributed by atoms with Crippen LogP contribution in [0.4, 0.5) is 0 Å². The molecule has 1 aromatic heterocycles. The van der Waals surface area contributed by atoms with E-state index in [-0.39, 0.29) is 0 Å². The first-order valence-electron chi connectivity index (χ1n) is 5.86. The van der Waals surface area contributed by atoms with Crippen molar-refractivity contribution in [1.82, 2.24) is 14.7 Å². The lowest BCUT2D eigenvalue weighted by atomic mass is 10.1. The van der Waals surface area contributed by atoms with Gasteiger partial charge in [0, 0.05) is 25.3 Å². The normalized spacial score (nSPS) is 18.8. The van der Waals surface area contributed by atoms with Crippen LogP contribution in [-0.2, 0) is 0 Å². The van der Waals surface area contributed by atoms with Gasteiger partial charge in [0.25, 0.3) is 0 Å². The van der Waals surface area contributed by atoms with Crippen molar-refractivity contribution >= 4 is 0 Å². The van der Waals surface area contributed by atoms with Gasteiger partial charge in [-0.1, -0.05) is 13.8 Å². The molecule has 0 aliphatic carbocycles. The highest BCUT2D eigenvalue weighted by atomic mass is 15.4. The molecule has 0 N–H and O–H groups in total. The van der Waals surface area contributed by atoms with Crippen molar-refractivity contribution < 1.29 is 0 Å². The molecule has 0 atom stereocenters. The Morgan fingerprint density at radius 3 is 2.40 bits per heavy atom. The van der Waals surface area contributed by atoms with Crippen molar-refractivity contribution in [3.63, 3.8) is 0 Å². The topological polar surface area (TPSA) is 21.1 Å². The van der Waals surface area contributed by atoms with E-state index >= 15 is 0 Å². The van der Waals surface area contributed by atoms with Crippen LogP contribution in [0.5, 0.6) is 0 Å². The van der Waals surface area contributed by atoms with Crippen molar-refractivity contribution in [3.05, 3.63) is 18.0 Å². The summed E-state index contributed by atoms with van der Waals surface area (Å²) < 4.78 is 2.13. The number of rotatable bonds is 3. The van der Waals surface area contributed by atoms with Gasteiger partial charge < -0.3 is 0 Å². The summed E-state index contributed by atoms with van der Waals surface area (Å²) in [7, 11) is 0. The van der Waals surface area contributed by atoms with Gasteiger partial charge in [-0.3, -0.25) is 9.58 Å². The molecule has 0 saturated carbocycles. The summed E-state index contributed by atoms with van der Waals surface area (Å²) in [5.74, 6) is 0.583. The van der Waals surface area contributed by atoms with Gasteiger partial charge in [-0.15, -0.1) is 0 Å². The third kappa shape index (κ3) is 2.07. The van der Waals surface area contributed by atoms with Gasteiger partial charge in [0.1, 0.15) is 0 Å². The van der Waals surface area contributed by atoms with Crippen LogP contribution in [0, 0.1) is 0 Å². The van der Waals surface area contributed by atoms with E-state index in [2.05, 4.69) is 48.6 Å². The molecule has 0 unspecified atom stereocenters. The predicted octanol–water partition coefficient (Wildman–Crippen LogP) is 2.27. The van der Waals surface area contributed by atoms with Crippen LogP contribution < -0.4 is 0 Å². The smallest absolute Gasteiger partial charge is 0.0773 e. The summed E-state index contributed by atoms with van der Waals surface area (Å²) in [6.07, 6.45) is 4.20. The average molecular weight is 207 g/mol. The fourth-order valence-corrected chi connectivity index (χ4v) is 1.93. The summed E-state index contributed by atoms with van der Waals surface area (Å²) in [6, 6.07) is 1.27. The van der Waals surface area contributed by atoms with Crippen LogP contribution in [-0.4, -0.2) is 33.8 Å². The zero-order chi connectivity index (χ0) is 11.0. The molecule has 0 amide bonds. The highest BCUT2D eigenvalue weighted by molar-refractivity contribution is 5.10. The molecule has 1 aromatic rings. The van der Waals surface area contributed by atoms with Gasteiger partial charge in [-0.25, -0.2) is 0 Å². The Morgan fingerprint density at radius 1 is 1.27 bits per heavy atom. The fraction of sp³-hybridized carbons (Fsp3) is 0.750. The molecule has 0 spiro atoms. The molecule has 2 heterocycles. The first-order chi connectivity index (χ1) is 7.08. The maximum absolute atomic E-state index is 4.44. The average Bonchev–Trinajstić information content (AvgIpc) is 2.49. The fourth-order valence-electron chi connectivity index (χ4n) is 1.93. The summed E-state index contributed by atoms with van der Waals surface area (Å²) >= 11 is 0. The van der Waals surface area contributed by atoms with Crippen LogP contribution in [0.1, 0.15) is 45.2 Å². The lowest BCUT2D eigenvalue weighted by molar-refractivity contribution is 0.0674. The first-order valence-corrected chi connectivity index (χ1v) is 5.86. The lowest BCUT2D eigenvalue weighted by Crippen LogP contribution is -2.50. The Labute approximate surface area is 92.1 Å². The molecule has 2 rings (SSSR count). The predicted molar refractivity (Wildman–Crippen MR) is 62.1 cm³/mol. The van der Waals surface area contributed by atoms with Gasteiger partial charge in [-0.05, 0) is 25.3 Å². The quantitative estimate of drug-likeness (QED) is 0.758. The van der Waals surface area contributed by atoms with Crippen molar-refractivity contribution in [2.75, 3.05) is 13.1 Å². The van der Waals surface area contributed by atoms with Gasteiger partial charge in [0.05, 0.1) is 12.2 Å². The number of hydrogen-bond acceptors (Lipinski definition) is 2. The van der Waals surface area contributed by atoms with E-state index in [0.717, 1.165) is 13.1 Å². The maximum Gasteiger partial charge on any atom is 0.0773 e. The van der Waals surface area contributed by atoms with Crippen LogP contribution in [0.2, 0.25) is 0 Å². The molecular weight excluding hydrogens is 186 g/mol. The Hall–Kier alpha value is -0.830. The molecule has 0 bridgehead atoms. The summed E-state index contributed by atoms with van der Waals surface area (Å²) in [5, 5.41) is 4.44. The Bertz CT molecular complexity index is 321. The van der Waals surface area contributed by atoms with Crippen LogP contribution in [0.25, 0.3) is 0 Å². The summed E-state index contributed by atoms with van der Waals surface area (Å²) in [4.78, 5) is 2.47. The van der Waals surface area contributed by atoms with E-state index < -0.39 is 0 Å². The summed E-state index contributed by atoms with van der Waals surface area (Å²) in [6.45, 7) is 11.2. The number of likely N-dealkylation sites (tertiary alicyclic amines) is 1. The van der Waals surface area contributed by atoms with Crippen molar-refractivity contribution in [2.24, 2.45) is 0 Å². The monoisotopic (exact) mass is 207 g/mol. The molecule has 84 valence electrons. The third-order valence-corrected chi connectivity index (χ3v) is 3.28. The Balaban J connectivity index is 1.95. The standard InChI is InChI=1S/C12H21N3/c1-9(2)11-5-13-15(6-11)12-7-14(8-12)10(3)4/h5-6,9-10,12H,7-8H2,1-4H3. The highest BCUT2D eigenvalue weighted by Crippen LogP contribution is 2.24. The summed E-state index contributed by atoms with van der Waals surface area (Å²) in [5.41, 5.74) is 1.35. The van der Waals surface area contributed by atoms with Gasteiger partial charge in [0.2, 0.25) is 0 Å². The zero-order valence-corrected chi connectivity index (χ0v) is 10.1.